The van der Waals surface area contributed by atoms with Gasteiger partial charge in [-0.2, -0.15) is 10.3 Å². The quantitative estimate of drug-likeness (QED) is 0.160. The lowest BCUT2D eigenvalue weighted by atomic mass is 10.1. The SMILES string of the molecule is C/C=C(\C)N=C1CC(C#N)=C2NC(=NCC)N=C(N)N2N1.C=C/C(=C\C)OC1C=CCN=CC1.CC.CCNCc1ccccc1. The molecule has 0 saturated carbocycles. The summed E-state index contributed by atoms with van der Waals surface area (Å²) in [5.41, 5.74) is 11.7. The van der Waals surface area contributed by atoms with Crippen LogP contribution in [0.2, 0.25) is 0 Å². The molecule has 0 aromatic heterocycles. The molecule has 0 aliphatic carbocycles. The van der Waals surface area contributed by atoms with E-state index in [1.807, 2.05) is 78.1 Å². The minimum absolute atomic E-state index is 0.107. The van der Waals surface area contributed by atoms with Crippen LogP contribution in [0.15, 0.2) is 110 Å². The number of allylic oxidation sites excluding steroid dienone is 4. The number of ether oxygens (including phenoxy) is 1. The van der Waals surface area contributed by atoms with Crippen molar-refractivity contribution in [3.05, 3.63) is 95.7 Å². The van der Waals surface area contributed by atoms with E-state index >= 15 is 0 Å². The summed E-state index contributed by atoms with van der Waals surface area (Å²) in [6.07, 6.45) is 12.8. The highest BCUT2D eigenvalue weighted by molar-refractivity contribution is 6.01. The van der Waals surface area contributed by atoms with E-state index in [1.165, 1.54) is 10.6 Å². The molecule has 3 aliphatic heterocycles. The van der Waals surface area contributed by atoms with Crippen LogP contribution in [0.3, 0.4) is 0 Å². The van der Waals surface area contributed by atoms with Crippen LogP contribution in [0, 0.1) is 11.3 Å². The largest absolute Gasteiger partial charge is 0.486 e. The molecule has 4 rings (SSSR count). The maximum Gasteiger partial charge on any atom is 0.227 e. The number of guanidine groups is 2. The topological polar surface area (TPSA) is 148 Å². The molecule has 11 nitrogen and oxygen atoms in total. The maximum atomic E-state index is 9.35. The Balaban J connectivity index is 0.000000362. The Labute approximate surface area is 275 Å². The summed E-state index contributed by atoms with van der Waals surface area (Å²) >= 11 is 0. The Kier molecular flexibility index (Phi) is 19.9. The Bertz CT molecular complexity index is 1360. The van der Waals surface area contributed by atoms with Crippen LogP contribution < -0.4 is 21.8 Å². The van der Waals surface area contributed by atoms with Gasteiger partial charge >= 0.3 is 0 Å². The third-order valence-electron chi connectivity index (χ3n) is 6.17. The van der Waals surface area contributed by atoms with Gasteiger partial charge in [-0.1, -0.05) is 69.8 Å². The van der Waals surface area contributed by atoms with Crippen molar-refractivity contribution in [2.24, 2.45) is 25.7 Å². The van der Waals surface area contributed by atoms with Gasteiger partial charge in [0.15, 0.2) is 0 Å². The molecule has 248 valence electrons. The second kappa shape index (κ2) is 23.4. The fraction of sp³-hybridized carbons (Fsp3) is 0.400. The normalized spacial score (nSPS) is 18.9. The summed E-state index contributed by atoms with van der Waals surface area (Å²) in [7, 11) is 0. The molecule has 0 saturated heterocycles. The van der Waals surface area contributed by atoms with Crippen molar-refractivity contribution in [2.75, 3.05) is 19.6 Å². The Morgan fingerprint density at radius 3 is 2.59 bits per heavy atom. The number of nitrogens with two attached hydrogens (primary N) is 1. The monoisotopic (exact) mass is 628 g/mol. The van der Waals surface area contributed by atoms with E-state index in [9.17, 15) is 5.26 Å². The molecule has 46 heavy (non-hydrogen) atoms. The van der Waals surface area contributed by atoms with Gasteiger partial charge in [0.1, 0.15) is 23.5 Å². The molecule has 5 N–H and O–H groups in total. The number of hydrazine groups is 1. The molecular weight excluding hydrogens is 576 g/mol. The first kappa shape index (κ1) is 39.1. The summed E-state index contributed by atoms with van der Waals surface area (Å²) in [5.74, 6) is 2.64. The first-order valence-electron chi connectivity index (χ1n) is 15.8. The van der Waals surface area contributed by atoms with E-state index < -0.39 is 0 Å². The summed E-state index contributed by atoms with van der Waals surface area (Å²) in [5, 5.41) is 17.1. The van der Waals surface area contributed by atoms with E-state index in [0.29, 0.717) is 36.2 Å². The fourth-order valence-corrected chi connectivity index (χ4v) is 3.83. The molecule has 0 spiro atoms. The van der Waals surface area contributed by atoms with Crippen molar-refractivity contribution < 1.29 is 4.74 Å². The standard InChI is InChI=1S/C13H18N8.C11H15NO.C9H13N.C2H6/c1-4-8(3)17-10-6-9(7-14)11-18-13(16-5-2)19-12(15)21(11)20-10;1-3-10(4-2)13-11-6-5-8-12-9-7-11;1-2-10-8-9-6-4-3-5-7-9;1-2/h4H,5-6H2,1-3H3,(H,17,20)(H3,15,16,18,19);3-6,9,11H,1,7-8H2,2H3;3-7,10H,2,8H2,1H3;1-2H3/b8-4+;10-4+;;. The van der Waals surface area contributed by atoms with Crippen LogP contribution in [0.5, 0.6) is 0 Å². The molecule has 0 bridgehead atoms. The molecule has 1 aromatic rings. The lowest BCUT2D eigenvalue weighted by Crippen LogP contribution is -2.58. The average molecular weight is 629 g/mol. The lowest BCUT2D eigenvalue weighted by molar-refractivity contribution is 0.172. The molecule has 0 radical (unpaired) electrons. The van der Waals surface area contributed by atoms with Crippen LogP contribution in [0.4, 0.5) is 0 Å². The number of hydrogen-bond donors (Lipinski definition) is 4. The Hall–Kier alpha value is -4.95. The molecule has 1 atom stereocenters. The Morgan fingerprint density at radius 1 is 1.24 bits per heavy atom. The van der Waals surface area contributed by atoms with E-state index in [2.05, 4.69) is 79.9 Å². The zero-order chi connectivity index (χ0) is 34.2. The minimum atomic E-state index is 0.107. The summed E-state index contributed by atoms with van der Waals surface area (Å²) in [4.78, 5) is 16.9. The Morgan fingerprint density at radius 2 is 1.98 bits per heavy atom. The summed E-state index contributed by atoms with van der Waals surface area (Å²) < 4.78 is 5.63. The molecule has 3 aliphatic rings. The zero-order valence-corrected chi connectivity index (χ0v) is 28.5. The van der Waals surface area contributed by atoms with Crippen LogP contribution in [0.25, 0.3) is 0 Å². The van der Waals surface area contributed by atoms with Gasteiger partial charge in [-0.3, -0.25) is 15.4 Å². The molecule has 0 fully saturated rings. The summed E-state index contributed by atoms with van der Waals surface area (Å²) in [6, 6.07) is 12.6. The number of aliphatic imine (C=N–C) groups is 4. The van der Waals surface area contributed by atoms with Crippen molar-refractivity contribution in [1.82, 2.24) is 21.1 Å². The predicted octanol–water partition coefficient (Wildman–Crippen LogP) is 5.86. The molecule has 1 aromatic carbocycles. The molecule has 11 heteroatoms. The number of fused-ring (bicyclic) bond motifs is 1. The smallest absolute Gasteiger partial charge is 0.227 e. The number of nitrogens with one attached hydrogen (secondary N) is 3. The highest BCUT2D eigenvalue weighted by atomic mass is 16.5. The predicted molar refractivity (Wildman–Crippen MR) is 193 cm³/mol. The van der Waals surface area contributed by atoms with Gasteiger partial charge in [-0.25, -0.2) is 10.0 Å². The number of benzene rings is 1. The second-order valence-electron chi connectivity index (χ2n) is 9.47. The van der Waals surface area contributed by atoms with Gasteiger partial charge < -0.3 is 21.1 Å². The fourth-order valence-electron chi connectivity index (χ4n) is 3.83. The number of hydrogen-bond acceptors (Lipinski definition) is 8. The van der Waals surface area contributed by atoms with Crippen molar-refractivity contribution in [1.29, 1.82) is 5.26 Å². The van der Waals surface area contributed by atoms with Crippen molar-refractivity contribution in [3.8, 4) is 6.07 Å². The third kappa shape index (κ3) is 14.2. The van der Waals surface area contributed by atoms with E-state index in [-0.39, 0.29) is 12.1 Å². The van der Waals surface area contributed by atoms with E-state index in [4.69, 9.17) is 10.5 Å². The summed E-state index contributed by atoms with van der Waals surface area (Å²) in [6.45, 7) is 20.8. The number of nitriles is 1. The third-order valence-corrected chi connectivity index (χ3v) is 6.17. The van der Waals surface area contributed by atoms with Crippen molar-refractivity contribution in [3.63, 3.8) is 0 Å². The van der Waals surface area contributed by atoms with Gasteiger partial charge in [0.25, 0.3) is 0 Å². The van der Waals surface area contributed by atoms with E-state index in [1.54, 1.807) is 6.08 Å². The molecule has 0 amide bonds. The maximum absolute atomic E-state index is 9.35. The minimum Gasteiger partial charge on any atom is -0.486 e. The van der Waals surface area contributed by atoms with Gasteiger partial charge in [0.05, 0.1) is 18.2 Å². The van der Waals surface area contributed by atoms with Crippen LogP contribution in [-0.2, 0) is 11.3 Å². The van der Waals surface area contributed by atoms with Crippen LogP contribution >= 0.6 is 0 Å². The highest BCUT2D eigenvalue weighted by Gasteiger charge is 2.30. The van der Waals surface area contributed by atoms with Crippen LogP contribution in [-0.4, -0.2) is 54.7 Å². The van der Waals surface area contributed by atoms with E-state index in [0.717, 1.165) is 37.5 Å². The number of rotatable bonds is 8. The van der Waals surface area contributed by atoms with Gasteiger partial charge in [0.2, 0.25) is 11.9 Å². The molecule has 3 heterocycles. The van der Waals surface area contributed by atoms with Crippen LogP contribution in [0.1, 0.15) is 66.9 Å². The van der Waals surface area contributed by atoms with Crippen molar-refractivity contribution >= 4 is 24.0 Å². The molecule has 1 unspecified atom stereocenters. The van der Waals surface area contributed by atoms with Gasteiger partial charge in [-0.05, 0) is 58.0 Å². The second-order valence-corrected chi connectivity index (χ2v) is 9.47. The highest BCUT2D eigenvalue weighted by Crippen LogP contribution is 2.19. The number of nitrogens with zero attached hydrogens (tertiary/aromatic N) is 6. The number of amidine groups is 1. The first-order chi connectivity index (χ1) is 22.4. The lowest BCUT2D eigenvalue weighted by Gasteiger charge is -2.35. The average Bonchev–Trinajstić information content (AvgIpc) is 3.37. The van der Waals surface area contributed by atoms with Crippen molar-refractivity contribution in [2.45, 2.75) is 74.0 Å². The van der Waals surface area contributed by atoms with Gasteiger partial charge in [0, 0.05) is 37.8 Å². The first-order valence-corrected chi connectivity index (χ1v) is 15.8. The van der Waals surface area contributed by atoms with Gasteiger partial charge in [-0.15, -0.1) is 0 Å². The zero-order valence-electron chi connectivity index (χ0n) is 28.5. The molecular formula is C35H52N10O.